The summed E-state index contributed by atoms with van der Waals surface area (Å²) in [5.74, 6) is -3.37. The summed E-state index contributed by atoms with van der Waals surface area (Å²) in [7, 11) is 0. The maximum Gasteiger partial charge on any atom is 0.194 e. The van der Waals surface area contributed by atoms with Crippen LogP contribution in [0.15, 0.2) is 36.4 Å². The number of halogens is 3. The Morgan fingerprint density at radius 1 is 1.33 bits per heavy atom. The molecule has 1 aliphatic rings. The number of hydrogen-bond donors (Lipinski definition) is 0. The summed E-state index contributed by atoms with van der Waals surface area (Å²) < 4.78 is 45.1. The first kappa shape index (κ1) is 15.8. The molecule has 1 aromatic rings. The molecule has 21 heavy (non-hydrogen) atoms. The Labute approximate surface area is 123 Å². The highest BCUT2D eigenvalue weighted by Gasteiger charge is 2.21. The van der Waals surface area contributed by atoms with Crippen LogP contribution in [-0.4, -0.2) is 6.61 Å². The van der Waals surface area contributed by atoms with Gasteiger partial charge in [0.25, 0.3) is 0 Å². The second kappa shape index (κ2) is 6.94. The number of hydrogen-bond acceptors (Lipinski definition) is 1. The third-order valence-electron chi connectivity index (χ3n) is 3.82. The van der Waals surface area contributed by atoms with Crippen molar-refractivity contribution < 1.29 is 17.9 Å². The van der Waals surface area contributed by atoms with E-state index in [9.17, 15) is 13.2 Å². The SMILES string of the molecule is C=CC(C)CCC1=CCOC(c2cc(F)c(F)c(F)c2)C1. The zero-order valence-electron chi connectivity index (χ0n) is 12.0. The summed E-state index contributed by atoms with van der Waals surface area (Å²) in [5.41, 5.74) is 1.54. The van der Waals surface area contributed by atoms with Crippen LogP contribution in [0.1, 0.15) is 37.9 Å². The summed E-state index contributed by atoms with van der Waals surface area (Å²) in [5, 5.41) is 0. The molecule has 2 atom stereocenters. The standard InChI is InChI=1S/C17H19F3O/c1-3-11(2)4-5-12-6-7-21-16(8-12)13-9-14(18)17(20)15(19)10-13/h3,6,9-11,16H,1,4-5,7-8H2,2H3. The molecule has 4 heteroatoms. The van der Waals surface area contributed by atoms with Crippen molar-refractivity contribution >= 4 is 0 Å². The van der Waals surface area contributed by atoms with Crippen molar-refractivity contribution in [3.05, 3.63) is 59.5 Å². The van der Waals surface area contributed by atoms with Crippen LogP contribution in [-0.2, 0) is 4.74 Å². The Hall–Kier alpha value is -1.55. The summed E-state index contributed by atoms with van der Waals surface area (Å²) in [6, 6.07) is 2.02. The molecule has 1 aromatic carbocycles. The van der Waals surface area contributed by atoms with Gasteiger partial charge in [0.2, 0.25) is 0 Å². The number of rotatable bonds is 5. The smallest absolute Gasteiger partial charge is 0.194 e. The molecule has 2 rings (SSSR count). The fraction of sp³-hybridized carbons (Fsp3) is 0.412. The molecule has 0 N–H and O–H groups in total. The van der Waals surface area contributed by atoms with Gasteiger partial charge in [-0.3, -0.25) is 0 Å². The van der Waals surface area contributed by atoms with Gasteiger partial charge in [-0.1, -0.05) is 24.6 Å². The van der Waals surface area contributed by atoms with Crippen molar-refractivity contribution in [2.24, 2.45) is 5.92 Å². The predicted octanol–water partition coefficient (Wildman–Crippen LogP) is 5.09. The second-order valence-corrected chi connectivity index (χ2v) is 5.44. The van der Waals surface area contributed by atoms with Crippen LogP contribution >= 0.6 is 0 Å². The highest BCUT2D eigenvalue weighted by atomic mass is 19.2. The quantitative estimate of drug-likeness (QED) is 0.543. The second-order valence-electron chi connectivity index (χ2n) is 5.44. The van der Waals surface area contributed by atoms with Gasteiger partial charge in [0.1, 0.15) is 0 Å². The molecule has 0 spiro atoms. The molecular weight excluding hydrogens is 277 g/mol. The largest absolute Gasteiger partial charge is 0.369 e. The Kier molecular flexibility index (Phi) is 5.23. The van der Waals surface area contributed by atoms with Gasteiger partial charge in [0, 0.05) is 0 Å². The molecule has 0 amide bonds. The van der Waals surface area contributed by atoms with E-state index in [-0.39, 0.29) is 0 Å². The summed E-state index contributed by atoms with van der Waals surface area (Å²) in [4.78, 5) is 0. The molecule has 0 saturated heterocycles. The third-order valence-corrected chi connectivity index (χ3v) is 3.82. The van der Waals surface area contributed by atoms with E-state index < -0.39 is 23.6 Å². The molecule has 2 unspecified atom stereocenters. The lowest BCUT2D eigenvalue weighted by molar-refractivity contribution is 0.0622. The third kappa shape index (κ3) is 3.97. The lowest BCUT2D eigenvalue weighted by atomic mass is 9.93. The van der Waals surface area contributed by atoms with Gasteiger partial charge in [0.15, 0.2) is 17.5 Å². The van der Waals surface area contributed by atoms with Gasteiger partial charge in [-0.2, -0.15) is 0 Å². The van der Waals surface area contributed by atoms with Gasteiger partial charge in [-0.05, 0) is 42.9 Å². The molecule has 0 bridgehead atoms. The Morgan fingerprint density at radius 2 is 2.00 bits per heavy atom. The van der Waals surface area contributed by atoms with Gasteiger partial charge in [0.05, 0.1) is 12.7 Å². The first-order chi connectivity index (χ1) is 10.0. The van der Waals surface area contributed by atoms with E-state index in [2.05, 4.69) is 13.5 Å². The lowest BCUT2D eigenvalue weighted by Crippen LogP contribution is -2.13. The molecule has 0 saturated carbocycles. The number of allylic oxidation sites excluding steroid dienone is 1. The van der Waals surface area contributed by atoms with Crippen molar-refractivity contribution in [3.63, 3.8) is 0 Å². The molecule has 1 aliphatic heterocycles. The number of benzene rings is 1. The molecule has 114 valence electrons. The van der Waals surface area contributed by atoms with E-state index in [1.165, 1.54) is 5.57 Å². The topological polar surface area (TPSA) is 9.23 Å². The molecular formula is C17H19F3O. The maximum absolute atomic E-state index is 13.3. The fourth-order valence-corrected chi connectivity index (χ4v) is 2.37. The zero-order chi connectivity index (χ0) is 15.4. The Morgan fingerprint density at radius 3 is 2.62 bits per heavy atom. The predicted molar refractivity (Wildman–Crippen MR) is 76.3 cm³/mol. The monoisotopic (exact) mass is 296 g/mol. The van der Waals surface area contributed by atoms with Crippen molar-refractivity contribution in [2.45, 2.75) is 32.3 Å². The van der Waals surface area contributed by atoms with Crippen LogP contribution in [0, 0.1) is 23.4 Å². The van der Waals surface area contributed by atoms with E-state index in [0.717, 1.165) is 25.0 Å². The Bertz CT molecular complexity index is 528. The number of ether oxygens (including phenoxy) is 1. The highest BCUT2D eigenvalue weighted by molar-refractivity contribution is 5.24. The van der Waals surface area contributed by atoms with Gasteiger partial charge in [-0.25, -0.2) is 13.2 Å². The first-order valence-corrected chi connectivity index (χ1v) is 7.07. The summed E-state index contributed by atoms with van der Waals surface area (Å²) in [6.07, 6.45) is 5.94. The summed E-state index contributed by atoms with van der Waals surface area (Å²) >= 11 is 0. The minimum Gasteiger partial charge on any atom is -0.369 e. The minimum atomic E-state index is -1.44. The molecule has 0 fully saturated rings. The van der Waals surface area contributed by atoms with Crippen LogP contribution in [0.25, 0.3) is 0 Å². The molecule has 0 aromatic heterocycles. The van der Waals surface area contributed by atoms with Crippen molar-refractivity contribution in [2.75, 3.05) is 6.61 Å². The van der Waals surface area contributed by atoms with Gasteiger partial charge < -0.3 is 4.74 Å². The zero-order valence-corrected chi connectivity index (χ0v) is 12.0. The van der Waals surface area contributed by atoms with Crippen LogP contribution in [0.2, 0.25) is 0 Å². The van der Waals surface area contributed by atoms with Crippen molar-refractivity contribution in [1.29, 1.82) is 0 Å². The molecule has 1 heterocycles. The van der Waals surface area contributed by atoms with Crippen molar-refractivity contribution in [1.82, 2.24) is 0 Å². The average Bonchev–Trinajstić information content (AvgIpc) is 2.50. The van der Waals surface area contributed by atoms with E-state index in [1.807, 2.05) is 12.2 Å². The lowest BCUT2D eigenvalue weighted by Gasteiger charge is -2.24. The minimum absolute atomic E-state index is 0.341. The van der Waals surface area contributed by atoms with Crippen molar-refractivity contribution in [3.8, 4) is 0 Å². The summed E-state index contributed by atoms with van der Waals surface area (Å²) in [6.45, 7) is 6.25. The average molecular weight is 296 g/mol. The molecule has 1 nitrogen and oxygen atoms in total. The Balaban J connectivity index is 2.06. The first-order valence-electron chi connectivity index (χ1n) is 7.07. The van der Waals surface area contributed by atoms with Crippen LogP contribution in [0.4, 0.5) is 13.2 Å². The van der Waals surface area contributed by atoms with Crippen LogP contribution in [0.5, 0.6) is 0 Å². The van der Waals surface area contributed by atoms with Crippen LogP contribution in [0.3, 0.4) is 0 Å². The van der Waals surface area contributed by atoms with E-state index in [4.69, 9.17) is 4.74 Å². The van der Waals surface area contributed by atoms with Gasteiger partial charge >= 0.3 is 0 Å². The van der Waals surface area contributed by atoms with E-state index in [0.29, 0.717) is 24.5 Å². The molecule has 0 aliphatic carbocycles. The normalized spacial score (nSPS) is 20.0. The molecule has 0 radical (unpaired) electrons. The van der Waals surface area contributed by atoms with E-state index >= 15 is 0 Å². The van der Waals surface area contributed by atoms with E-state index in [1.54, 1.807) is 0 Å². The van der Waals surface area contributed by atoms with Gasteiger partial charge in [-0.15, -0.1) is 6.58 Å². The maximum atomic E-state index is 13.3. The fourth-order valence-electron chi connectivity index (χ4n) is 2.37. The van der Waals surface area contributed by atoms with Crippen LogP contribution < -0.4 is 0 Å². The highest BCUT2D eigenvalue weighted by Crippen LogP contribution is 2.32.